The number of hydrogen-bond acceptors (Lipinski definition) is 3. The van der Waals surface area contributed by atoms with Gasteiger partial charge < -0.3 is 5.11 Å². The summed E-state index contributed by atoms with van der Waals surface area (Å²) in [5.74, 6) is 1.96. The number of fused-ring (bicyclic) bond motifs is 5. The first-order valence-electron chi connectivity index (χ1n) is 13.5. The molecule has 1 aromatic heterocycles. The van der Waals surface area contributed by atoms with Crippen molar-refractivity contribution < 1.29 is 9.90 Å². The van der Waals surface area contributed by atoms with Crippen LogP contribution in [0.1, 0.15) is 75.7 Å². The number of para-hydroxylation sites is 1. The Hall–Kier alpha value is -2.46. The zero-order chi connectivity index (χ0) is 24.5. The van der Waals surface area contributed by atoms with Gasteiger partial charge in [0.1, 0.15) is 0 Å². The lowest BCUT2D eigenvalue weighted by Crippen LogP contribution is -2.50. The molecular formula is C31H38N2O2. The van der Waals surface area contributed by atoms with Crippen LogP contribution in [0.15, 0.2) is 47.6 Å². The van der Waals surface area contributed by atoms with Crippen molar-refractivity contribution in [3.8, 4) is 5.69 Å². The van der Waals surface area contributed by atoms with Crippen molar-refractivity contribution in [2.45, 2.75) is 78.7 Å². The van der Waals surface area contributed by atoms with E-state index in [0.29, 0.717) is 23.5 Å². The summed E-state index contributed by atoms with van der Waals surface area (Å²) >= 11 is 0. The number of carbonyl (C=O) groups excluding carboxylic acids is 1. The summed E-state index contributed by atoms with van der Waals surface area (Å²) in [6, 6.07) is 10.2. The van der Waals surface area contributed by atoms with Crippen LogP contribution < -0.4 is 0 Å². The number of benzene rings is 1. The second-order valence-electron chi connectivity index (χ2n) is 12.1. The molecule has 0 amide bonds. The van der Waals surface area contributed by atoms with Crippen molar-refractivity contribution in [2.24, 2.45) is 28.6 Å². The number of nitrogens with zero attached hydrogens (tertiary/aromatic N) is 2. The van der Waals surface area contributed by atoms with E-state index in [1.807, 2.05) is 22.9 Å². The third kappa shape index (κ3) is 3.36. The topological polar surface area (TPSA) is 55.1 Å². The molecule has 6 rings (SSSR count). The van der Waals surface area contributed by atoms with Gasteiger partial charge in [0.25, 0.3) is 0 Å². The van der Waals surface area contributed by atoms with E-state index < -0.39 is 0 Å². The van der Waals surface area contributed by atoms with Crippen LogP contribution >= 0.6 is 0 Å². The number of aromatic nitrogens is 2. The molecule has 0 spiro atoms. The molecule has 3 fully saturated rings. The number of hydrogen-bond donors (Lipinski definition) is 1. The van der Waals surface area contributed by atoms with Crippen LogP contribution in [-0.4, -0.2) is 26.8 Å². The lowest BCUT2D eigenvalue weighted by atomic mass is 9.48. The van der Waals surface area contributed by atoms with Crippen LogP contribution in [-0.2, 0) is 4.79 Å². The molecule has 0 unspecified atom stereocenters. The summed E-state index contributed by atoms with van der Waals surface area (Å²) in [6.07, 6.45) is 11.3. The molecule has 35 heavy (non-hydrogen) atoms. The quantitative estimate of drug-likeness (QED) is 0.409. The number of aryl methyl sites for hydroxylation is 1. The first-order chi connectivity index (χ1) is 16.7. The monoisotopic (exact) mass is 470 g/mol. The van der Waals surface area contributed by atoms with Crippen molar-refractivity contribution in [3.05, 3.63) is 64.5 Å². The summed E-state index contributed by atoms with van der Waals surface area (Å²) in [5.41, 5.74) is 6.64. The standard InChI is InChI=1S/C31H38N2O2/c1-19-26(20(2)33(32-19)23-8-6-5-7-9-23)16-21-17-28-25-11-10-22-18-24(34)12-14-30(22,3)27(25)13-15-31(28,4)29(21)35/h5-10,16,24-25,27-28,34H,11-15,17-18H2,1-4H3/b21-16-/t24-,25+,27-,28-,30+,31+/m1/s1. The van der Waals surface area contributed by atoms with Gasteiger partial charge >= 0.3 is 0 Å². The average Bonchev–Trinajstić information content (AvgIpc) is 3.28. The van der Waals surface area contributed by atoms with Gasteiger partial charge in [-0.05, 0) is 106 Å². The molecule has 0 aliphatic heterocycles. The molecule has 0 radical (unpaired) electrons. The van der Waals surface area contributed by atoms with E-state index in [0.717, 1.165) is 73.2 Å². The fourth-order valence-corrected chi connectivity index (χ4v) is 8.30. The normalized spacial score (nSPS) is 37.6. The maximum Gasteiger partial charge on any atom is 0.165 e. The van der Waals surface area contributed by atoms with Crippen LogP contribution in [0.5, 0.6) is 0 Å². The van der Waals surface area contributed by atoms with Crippen molar-refractivity contribution in [1.29, 1.82) is 0 Å². The third-order valence-electron chi connectivity index (χ3n) is 10.4. The maximum absolute atomic E-state index is 13.9. The predicted octanol–water partition coefficient (Wildman–Crippen LogP) is 6.38. The summed E-state index contributed by atoms with van der Waals surface area (Å²) < 4.78 is 2.00. The van der Waals surface area contributed by atoms with E-state index in [1.165, 1.54) is 5.57 Å². The average molecular weight is 471 g/mol. The minimum Gasteiger partial charge on any atom is -0.393 e. The van der Waals surface area contributed by atoms with E-state index in [-0.39, 0.29) is 16.9 Å². The van der Waals surface area contributed by atoms with Crippen molar-refractivity contribution in [2.75, 3.05) is 0 Å². The number of Topliss-reactive ketones (excluding diaryl/α,β-unsaturated/α-hetero) is 1. The van der Waals surface area contributed by atoms with Crippen molar-refractivity contribution in [3.63, 3.8) is 0 Å². The van der Waals surface area contributed by atoms with E-state index in [9.17, 15) is 9.90 Å². The van der Waals surface area contributed by atoms with E-state index >= 15 is 0 Å². The van der Waals surface area contributed by atoms with Crippen LogP contribution in [0.3, 0.4) is 0 Å². The second kappa shape index (κ2) is 8.03. The van der Waals surface area contributed by atoms with Gasteiger partial charge in [0.15, 0.2) is 5.78 Å². The third-order valence-corrected chi connectivity index (χ3v) is 10.4. The Labute approximate surface area is 209 Å². The Morgan fingerprint density at radius 2 is 1.77 bits per heavy atom. The highest BCUT2D eigenvalue weighted by atomic mass is 16.3. The maximum atomic E-state index is 13.9. The molecule has 0 bridgehead atoms. The summed E-state index contributed by atoms with van der Waals surface area (Å²) in [7, 11) is 0. The van der Waals surface area contributed by atoms with Gasteiger partial charge in [-0.15, -0.1) is 0 Å². The molecule has 6 atom stereocenters. The zero-order valence-corrected chi connectivity index (χ0v) is 21.6. The van der Waals surface area contributed by atoms with E-state index in [1.54, 1.807) is 0 Å². The van der Waals surface area contributed by atoms with Gasteiger partial charge in [-0.25, -0.2) is 4.68 Å². The summed E-state index contributed by atoms with van der Waals surface area (Å²) in [5, 5.41) is 15.1. The van der Waals surface area contributed by atoms with E-state index in [4.69, 9.17) is 5.10 Å². The molecule has 1 aromatic carbocycles. The Bertz CT molecular complexity index is 1240. The minimum absolute atomic E-state index is 0.175. The van der Waals surface area contributed by atoms with Crippen LogP contribution in [0.2, 0.25) is 0 Å². The number of allylic oxidation sites excluding steroid dienone is 2. The summed E-state index contributed by atoms with van der Waals surface area (Å²) in [4.78, 5) is 13.9. The summed E-state index contributed by atoms with van der Waals surface area (Å²) in [6.45, 7) is 8.85. The lowest BCUT2D eigenvalue weighted by molar-refractivity contribution is -0.130. The largest absolute Gasteiger partial charge is 0.393 e. The minimum atomic E-state index is -0.250. The number of ketones is 1. The van der Waals surface area contributed by atoms with Gasteiger partial charge in [0, 0.05) is 16.7 Å². The predicted molar refractivity (Wildman–Crippen MR) is 139 cm³/mol. The molecule has 4 heteroatoms. The molecule has 4 nitrogen and oxygen atoms in total. The molecule has 0 saturated heterocycles. The zero-order valence-electron chi connectivity index (χ0n) is 21.6. The molecule has 1 heterocycles. The van der Waals surface area contributed by atoms with Crippen LogP contribution in [0.25, 0.3) is 11.8 Å². The Morgan fingerprint density at radius 3 is 2.54 bits per heavy atom. The van der Waals surface area contributed by atoms with Gasteiger partial charge in [-0.2, -0.15) is 5.10 Å². The Kier molecular flexibility index (Phi) is 5.27. The Morgan fingerprint density at radius 1 is 1.03 bits per heavy atom. The molecular weight excluding hydrogens is 432 g/mol. The number of rotatable bonds is 2. The van der Waals surface area contributed by atoms with Crippen molar-refractivity contribution >= 4 is 11.9 Å². The van der Waals surface area contributed by atoms with Gasteiger partial charge in [0.2, 0.25) is 0 Å². The fraction of sp³-hybridized carbons (Fsp3) is 0.548. The second-order valence-corrected chi connectivity index (χ2v) is 12.1. The molecule has 4 aliphatic rings. The lowest BCUT2D eigenvalue weighted by Gasteiger charge is -2.56. The van der Waals surface area contributed by atoms with E-state index in [2.05, 4.69) is 52.0 Å². The molecule has 1 N–H and O–H groups in total. The highest BCUT2D eigenvalue weighted by Gasteiger charge is 2.59. The van der Waals surface area contributed by atoms with Crippen molar-refractivity contribution in [1.82, 2.24) is 9.78 Å². The van der Waals surface area contributed by atoms with Crippen LogP contribution in [0, 0.1) is 42.4 Å². The first-order valence-corrected chi connectivity index (χ1v) is 13.5. The molecule has 3 saturated carbocycles. The van der Waals surface area contributed by atoms with Gasteiger partial charge in [-0.1, -0.05) is 43.7 Å². The van der Waals surface area contributed by atoms with Crippen LogP contribution in [0.4, 0.5) is 0 Å². The SMILES string of the molecule is Cc1nn(-c2ccccc2)c(C)c1/C=C1/C[C@@H]2[C@H]3CC=C4C[C@H](O)CC[C@]4(C)[C@@H]3CC[C@]2(C)C1=O. The fourth-order valence-electron chi connectivity index (χ4n) is 8.30. The highest BCUT2D eigenvalue weighted by Crippen LogP contribution is 2.64. The molecule has 2 aromatic rings. The number of aliphatic hydroxyl groups is 1. The number of aliphatic hydroxyl groups excluding tert-OH is 1. The Balaban J connectivity index is 1.34. The highest BCUT2D eigenvalue weighted by molar-refractivity contribution is 6.06. The smallest absolute Gasteiger partial charge is 0.165 e. The van der Waals surface area contributed by atoms with Gasteiger partial charge in [-0.3, -0.25) is 4.79 Å². The molecule has 184 valence electrons. The first kappa shape index (κ1) is 23.0. The van der Waals surface area contributed by atoms with Gasteiger partial charge in [0.05, 0.1) is 17.5 Å². The molecule has 4 aliphatic carbocycles. The number of carbonyl (C=O) groups is 1.